The van der Waals surface area contributed by atoms with Gasteiger partial charge in [-0.3, -0.25) is 10.1 Å². The molecule has 1 amide bonds. The second kappa shape index (κ2) is 10.3. The number of halogens is 1. The largest absolute Gasteiger partial charge is 0.460 e. The molecule has 3 rings (SSSR count). The average molecular weight is 492 g/mol. The van der Waals surface area contributed by atoms with Crippen molar-refractivity contribution >= 4 is 56.4 Å². The standard InChI is InChI=1S/C21H18BrNO6S/c1-2-27-21(26)23-15-5-8-17-13(9-19(24)29-18(17)10-15)11-28-20(25)12-30-16-6-3-14(22)4-7-16/h3-10H,2,11-12H2,1H3,(H,23,26). The topological polar surface area (TPSA) is 94.8 Å². The number of hydrogen-bond donors (Lipinski definition) is 1. The molecule has 30 heavy (non-hydrogen) atoms. The van der Waals surface area contributed by atoms with E-state index in [9.17, 15) is 14.4 Å². The Bertz CT molecular complexity index is 1110. The quantitative estimate of drug-likeness (QED) is 0.283. The molecular formula is C21H18BrNO6S. The Morgan fingerprint density at radius 2 is 1.87 bits per heavy atom. The van der Waals surface area contributed by atoms with Gasteiger partial charge in [0.1, 0.15) is 12.2 Å². The van der Waals surface area contributed by atoms with E-state index in [2.05, 4.69) is 21.2 Å². The first kappa shape index (κ1) is 21.9. The molecule has 0 bridgehead atoms. The number of ether oxygens (including phenoxy) is 2. The van der Waals surface area contributed by atoms with Crippen LogP contribution in [0.15, 0.2) is 67.1 Å². The second-order valence-corrected chi connectivity index (χ2v) is 8.01. The Balaban J connectivity index is 1.66. The van der Waals surface area contributed by atoms with Crippen molar-refractivity contribution in [3.8, 4) is 0 Å². The van der Waals surface area contributed by atoms with Crippen LogP contribution in [0.3, 0.4) is 0 Å². The number of nitrogens with one attached hydrogen (secondary N) is 1. The summed E-state index contributed by atoms with van der Waals surface area (Å²) in [6, 6.07) is 13.7. The van der Waals surface area contributed by atoms with Gasteiger partial charge in [-0.25, -0.2) is 9.59 Å². The van der Waals surface area contributed by atoms with Crippen molar-refractivity contribution in [2.45, 2.75) is 18.4 Å². The molecular weight excluding hydrogens is 474 g/mol. The summed E-state index contributed by atoms with van der Waals surface area (Å²) in [6.45, 7) is 1.88. The lowest BCUT2D eigenvalue weighted by Gasteiger charge is -2.09. The Labute approximate surface area is 184 Å². The van der Waals surface area contributed by atoms with E-state index in [1.807, 2.05) is 24.3 Å². The van der Waals surface area contributed by atoms with Crippen LogP contribution in [-0.2, 0) is 20.9 Å². The van der Waals surface area contributed by atoms with Gasteiger partial charge in [0.05, 0.1) is 12.4 Å². The number of fused-ring (bicyclic) bond motifs is 1. The van der Waals surface area contributed by atoms with Gasteiger partial charge in [0.2, 0.25) is 0 Å². The summed E-state index contributed by atoms with van der Waals surface area (Å²) in [6.07, 6.45) is -0.604. The molecule has 0 spiro atoms. The van der Waals surface area contributed by atoms with Crippen LogP contribution in [0.5, 0.6) is 0 Å². The van der Waals surface area contributed by atoms with Gasteiger partial charge in [-0.1, -0.05) is 15.9 Å². The Morgan fingerprint density at radius 1 is 1.10 bits per heavy atom. The molecule has 0 atom stereocenters. The minimum Gasteiger partial charge on any atom is -0.460 e. The molecule has 3 aromatic rings. The first-order valence-electron chi connectivity index (χ1n) is 8.99. The molecule has 1 N–H and O–H groups in total. The van der Waals surface area contributed by atoms with Gasteiger partial charge < -0.3 is 13.9 Å². The zero-order valence-electron chi connectivity index (χ0n) is 16.0. The van der Waals surface area contributed by atoms with Crippen molar-refractivity contribution in [1.29, 1.82) is 0 Å². The number of hydrogen-bond acceptors (Lipinski definition) is 7. The fourth-order valence-electron chi connectivity index (χ4n) is 2.59. The zero-order valence-corrected chi connectivity index (χ0v) is 18.4. The molecule has 0 unspecified atom stereocenters. The molecule has 0 aliphatic rings. The summed E-state index contributed by atoms with van der Waals surface area (Å²) in [5.41, 5.74) is 0.633. The number of anilines is 1. The van der Waals surface area contributed by atoms with Gasteiger partial charge in [0.25, 0.3) is 0 Å². The van der Waals surface area contributed by atoms with Crippen LogP contribution in [0.1, 0.15) is 12.5 Å². The third kappa shape index (κ3) is 6.11. The van der Waals surface area contributed by atoms with Crippen molar-refractivity contribution in [3.63, 3.8) is 0 Å². The number of amides is 1. The average Bonchev–Trinajstić information content (AvgIpc) is 2.71. The van der Waals surface area contributed by atoms with Crippen LogP contribution in [-0.4, -0.2) is 24.4 Å². The molecule has 0 aliphatic heterocycles. The van der Waals surface area contributed by atoms with Gasteiger partial charge in [-0.05, 0) is 43.3 Å². The Hall–Kier alpha value is -2.78. The van der Waals surface area contributed by atoms with E-state index < -0.39 is 17.7 Å². The lowest BCUT2D eigenvalue weighted by Crippen LogP contribution is -2.13. The van der Waals surface area contributed by atoms with Crippen LogP contribution < -0.4 is 10.9 Å². The number of carbonyl (C=O) groups excluding carboxylic acids is 2. The van der Waals surface area contributed by atoms with E-state index in [1.54, 1.807) is 19.1 Å². The van der Waals surface area contributed by atoms with E-state index in [4.69, 9.17) is 13.9 Å². The fraction of sp³-hybridized carbons (Fsp3) is 0.190. The highest BCUT2D eigenvalue weighted by molar-refractivity contribution is 9.10. The van der Waals surface area contributed by atoms with Crippen molar-refractivity contribution in [2.24, 2.45) is 0 Å². The molecule has 1 aromatic heterocycles. The van der Waals surface area contributed by atoms with Crippen LogP contribution in [0.25, 0.3) is 11.0 Å². The van der Waals surface area contributed by atoms with Crippen LogP contribution in [0.2, 0.25) is 0 Å². The lowest BCUT2D eigenvalue weighted by atomic mass is 10.1. The van der Waals surface area contributed by atoms with Gasteiger partial charge in [0.15, 0.2) is 0 Å². The third-order valence-corrected chi connectivity index (χ3v) is 5.43. The third-order valence-electron chi connectivity index (χ3n) is 3.91. The summed E-state index contributed by atoms with van der Waals surface area (Å²) in [5.74, 6) is -0.251. The molecule has 1 heterocycles. The summed E-state index contributed by atoms with van der Waals surface area (Å²) in [5, 5.41) is 3.15. The fourth-order valence-corrected chi connectivity index (χ4v) is 3.55. The lowest BCUT2D eigenvalue weighted by molar-refractivity contribution is -0.141. The molecule has 0 saturated carbocycles. The van der Waals surface area contributed by atoms with Gasteiger partial charge in [-0.15, -0.1) is 11.8 Å². The molecule has 2 aromatic carbocycles. The maximum Gasteiger partial charge on any atom is 0.411 e. The highest BCUT2D eigenvalue weighted by Crippen LogP contribution is 2.23. The molecule has 0 fully saturated rings. The molecule has 7 nitrogen and oxygen atoms in total. The van der Waals surface area contributed by atoms with Crippen molar-refractivity contribution in [3.05, 3.63) is 69.0 Å². The Morgan fingerprint density at radius 3 is 2.60 bits per heavy atom. The van der Waals surface area contributed by atoms with Crippen LogP contribution >= 0.6 is 27.7 Å². The number of esters is 1. The van der Waals surface area contributed by atoms with Crippen molar-refractivity contribution < 1.29 is 23.5 Å². The smallest absolute Gasteiger partial charge is 0.411 e. The summed E-state index contributed by atoms with van der Waals surface area (Å²) < 4.78 is 16.3. The molecule has 0 radical (unpaired) electrons. The predicted octanol–water partition coefficient (Wildman–Crippen LogP) is 4.96. The number of rotatable bonds is 7. The first-order valence-corrected chi connectivity index (χ1v) is 10.8. The molecule has 0 aliphatic carbocycles. The van der Waals surface area contributed by atoms with Crippen molar-refractivity contribution in [2.75, 3.05) is 17.7 Å². The van der Waals surface area contributed by atoms with Gasteiger partial charge in [-0.2, -0.15) is 0 Å². The minimum absolute atomic E-state index is 0.0630. The van der Waals surface area contributed by atoms with E-state index >= 15 is 0 Å². The summed E-state index contributed by atoms with van der Waals surface area (Å²) in [7, 11) is 0. The molecule has 0 saturated heterocycles. The van der Waals surface area contributed by atoms with Crippen molar-refractivity contribution in [1.82, 2.24) is 0 Å². The van der Waals surface area contributed by atoms with Crippen LogP contribution in [0.4, 0.5) is 10.5 Å². The predicted molar refractivity (Wildman–Crippen MR) is 118 cm³/mol. The molecule has 9 heteroatoms. The highest BCUT2D eigenvalue weighted by atomic mass is 79.9. The SMILES string of the molecule is CCOC(=O)Nc1ccc2c(COC(=O)CSc3ccc(Br)cc3)cc(=O)oc2c1. The number of thioether (sulfide) groups is 1. The monoisotopic (exact) mass is 491 g/mol. The second-order valence-electron chi connectivity index (χ2n) is 6.05. The minimum atomic E-state index is -0.604. The van der Waals surface area contributed by atoms with E-state index in [0.29, 0.717) is 16.6 Å². The molecule has 156 valence electrons. The maximum atomic E-state index is 12.1. The number of benzene rings is 2. The summed E-state index contributed by atoms with van der Waals surface area (Å²) >= 11 is 4.73. The van der Waals surface area contributed by atoms with Crippen LogP contribution in [0, 0.1) is 0 Å². The van der Waals surface area contributed by atoms with E-state index in [1.165, 1.54) is 23.9 Å². The van der Waals surface area contributed by atoms with E-state index in [-0.39, 0.29) is 24.5 Å². The maximum absolute atomic E-state index is 12.1. The highest BCUT2D eigenvalue weighted by Gasteiger charge is 2.11. The normalized spacial score (nSPS) is 10.6. The van der Waals surface area contributed by atoms with E-state index in [0.717, 1.165) is 9.37 Å². The number of carbonyl (C=O) groups is 2. The van der Waals surface area contributed by atoms with Gasteiger partial charge >= 0.3 is 17.7 Å². The summed E-state index contributed by atoms with van der Waals surface area (Å²) in [4.78, 5) is 36.5. The zero-order chi connectivity index (χ0) is 21.5. The van der Waals surface area contributed by atoms with Gasteiger partial charge in [0, 0.05) is 38.1 Å². The first-order chi connectivity index (χ1) is 14.4. The Kier molecular flexibility index (Phi) is 7.53.